The molecule has 0 amide bonds. The smallest absolute Gasteiger partial charge is 0.159 e. The van der Waals surface area contributed by atoms with Gasteiger partial charge in [0.1, 0.15) is 6.61 Å². The van der Waals surface area contributed by atoms with Gasteiger partial charge in [-0.2, -0.15) is 0 Å². The van der Waals surface area contributed by atoms with E-state index in [1.165, 1.54) is 11.3 Å². The van der Waals surface area contributed by atoms with Crippen LogP contribution in [0.1, 0.15) is 5.56 Å². The van der Waals surface area contributed by atoms with E-state index in [9.17, 15) is 0 Å². The molecule has 1 heterocycles. The molecule has 1 aromatic heterocycles. The molecule has 2 aromatic rings. The molecule has 0 aliphatic rings. The van der Waals surface area contributed by atoms with Gasteiger partial charge in [0, 0.05) is 0 Å². The van der Waals surface area contributed by atoms with Crippen LogP contribution in [0.5, 0.6) is 0 Å². The van der Waals surface area contributed by atoms with Gasteiger partial charge in [0.05, 0.1) is 10.2 Å². The van der Waals surface area contributed by atoms with Gasteiger partial charge in [-0.15, -0.1) is 11.3 Å². The van der Waals surface area contributed by atoms with Crippen molar-refractivity contribution in [2.45, 2.75) is 6.61 Å². The Morgan fingerprint density at radius 2 is 2.38 bits per heavy atom. The largest absolute Gasteiger partial charge is 0.337 e. The third-order valence-corrected chi connectivity index (χ3v) is 2.93. The Hall–Kier alpha value is -0.750. The maximum absolute atomic E-state index is 8.27. The third-order valence-electron chi connectivity index (χ3n) is 1.71. The minimum atomic E-state index is 0.201. The summed E-state index contributed by atoms with van der Waals surface area (Å²) in [4.78, 5) is 7.10. The Bertz CT molecular complexity index is 474. The average molecular weight is 213 g/mol. The summed E-state index contributed by atoms with van der Waals surface area (Å²) in [5.41, 5.74) is 1.91. The summed E-state index contributed by atoms with van der Waals surface area (Å²) in [6.07, 6.45) is 0. The lowest BCUT2D eigenvalue weighted by Crippen LogP contribution is -1.86. The van der Waals surface area contributed by atoms with E-state index in [1.807, 2.05) is 18.2 Å². The van der Waals surface area contributed by atoms with Gasteiger partial charge in [0.15, 0.2) is 3.95 Å². The summed E-state index contributed by atoms with van der Waals surface area (Å²) in [5.74, 6) is 0. The van der Waals surface area contributed by atoms with Crippen molar-refractivity contribution < 1.29 is 10.1 Å². The molecule has 2 rings (SSSR count). The van der Waals surface area contributed by atoms with Crippen LogP contribution in [0.15, 0.2) is 18.2 Å². The van der Waals surface area contributed by atoms with Gasteiger partial charge >= 0.3 is 0 Å². The molecular weight excluding hydrogens is 206 g/mol. The molecule has 3 nitrogen and oxygen atoms in total. The summed E-state index contributed by atoms with van der Waals surface area (Å²) in [5, 5.41) is 8.27. The van der Waals surface area contributed by atoms with Crippen molar-refractivity contribution in [3.63, 3.8) is 0 Å². The van der Waals surface area contributed by atoms with Crippen LogP contribution in [0.3, 0.4) is 0 Å². The van der Waals surface area contributed by atoms with Crippen molar-refractivity contribution in [2.75, 3.05) is 0 Å². The van der Waals surface area contributed by atoms with Crippen molar-refractivity contribution in [2.24, 2.45) is 0 Å². The second-order valence-electron chi connectivity index (χ2n) is 2.62. The van der Waals surface area contributed by atoms with Crippen LogP contribution >= 0.6 is 23.6 Å². The van der Waals surface area contributed by atoms with Crippen LogP contribution in [0.4, 0.5) is 0 Å². The molecule has 0 bridgehead atoms. The van der Waals surface area contributed by atoms with E-state index in [4.69, 9.17) is 17.5 Å². The first-order valence-corrected chi connectivity index (χ1v) is 4.90. The number of hydrogen-bond acceptors (Lipinski definition) is 4. The summed E-state index contributed by atoms with van der Waals surface area (Å²) >= 11 is 6.54. The van der Waals surface area contributed by atoms with Crippen LogP contribution in [-0.4, -0.2) is 10.2 Å². The van der Waals surface area contributed by atoms with E-state index in [2.05, 4.69) is 9.87 Å². The van der Waals surface area contributed by atoms with Gasteiger partial charge in [-0.3, -0.25) is 5.26 Å². The molecule has 68 valence electrons. The fourth-order valence-corrected chi connectivity index (χ4v) is 2.26. The summed E-state index contributed by atoms with van der Waals surface area (Å²) in [6.45, 7) is 0.201. The Labute approximate surface area is 83.5 Å². The minimum absolute atomic E-state index is 0.201. The summed E-state index contributed by atoms with van der Waals surface area (Å²) < 4.78 is 1.88. The van der Waals surface area contributed by atoms with E-state index in [1.54, 1.807) is 0 Å². The first-order chi connectivity index (χ1) is 6.29. The van der Waals surface area contributed by atoms with Crippen LogP contribution in [-0.2, 0) is 11.5 Å². The van der Waals surface area contributed by atoms with E-state index >= 15 is 0 Å². The van der Waals surface area contributed by atoms with Gasteiger partial charge in [-0.1, -0.05) is 6.07 Å². The highest BCUT2D eigenvalue weighted by Crippen LogP contribution is 2.20. The van der Waals surface area contributed by atoms with Crippen LogP contribution in [0.2, 0.25) is 0 Å². The predicted octanol–water partition coefficient (Wildman–Crippen LogP) is 2.95. The standard InChI is InChI=1S/C8H7NO2S2/c10-11-4-5-1-2-7-6(3-5)9-8(12)13-7/h1-3,10H,4H2,(H,9,12). The third kappa shape index (κ3) is 1.78. The highest BCUT2D eigenvalue weighted by Gasteiger charge is 1.98. The number of rotatable bonds is 2. The van der Waals surface area contributed by atoms with Gasteiger partial charge in [-0.25, -0.2) is 4.89 Å². The molecule has 0 saturated carbocycles. The van der Waals surface area contributed by atoms with Crippen molar-refractivity contribution in [3.05, 3.63) is 27.7 Å². The lowest BCUT2D eigenvalue weighted by molar-refractivity contribution is -0.252. The predicted molar refractivity (Wildman–Crippen MR) is 54.4 cm³/mol. The maximum Gasteiger partial charge on any atom is 0.159 e. The van der Waals surface area contributed by atoms with Gasteiger partial charge in [-0.05, 0) is 29.9 Å². The van der Waals surface area contributed by atoms with E-state index in [0.717, 1.165) is 19.7 Å². The Morgan fingerprint density at radius 1 is 1.54 bits per heavy atom. The van der Waals surface area contributed by atoms with Crippen molar-refractivity contribution in [1.29, 1.82) is 0 Å². The number of aromatic nitrogens is 1. The zero-order chi connectivity index (χ0) is 9.26. The second kappa shape index (κ2) is 3.55. The van der Waals surface area contributed by atoms with Gasteiger partial charge in [0.2, 0.25) is 0 Å². The molecule has 0 aliphatic heterocycles. The van der Waals surface area contributed by atoms with Crippen molar-refractivity contribution in [3.8, 4) is 0 Å². The molecule has 0 aliphatic carbocycles. The SMILES string of the molecule is OOCc1ccc2sc(=S)[nH]c2c1. The van der Waals surface area contributed by atoms with E-state index in [-0.39, 0.29) is 6.61 Å². The number of aromatic amines is 1. The van der Waals surface area contributed by atoms with Crippen molar-refractivity contribution >= 4 is 33.8 Å². The normalized spacial score (nSPS) is 10.8. The van der Waals surface area contributed by atoms with Gasteiger partial charge < -0.3 is 4.98 Å². The molecule has 0 unspecified atom stereocenters. The molecule has 0 fully saturated rings. The number of nitrogens with one attached hydrogen (secondary N) is 1. The molecule has 1 aromatic carbocycles. The van der Waals surface area contributed by atoms with Crippen LogP contribution < -0.4 is 0 Å². The van der Waals surface area contributed by atoms with Gasteiger partial charge in [0.25, 0.3) is 0 Å². The first kappa shape index (κ1) is 8.83. The number of hydrogen-bond donors (Lipinski definition) is 2. The molecule has 0 atom stereocenters. The Kier molecular flexibility index (Phi) is 2.41. The molecule has 5 heteroatoms. The van der Waals surface area contributed by atoms with Crippen LogP contribution in [0.25, 0.3) is 10.2 Å². The van der Waals surface area contributed by atoms with E-state index in [0.29, 0.717) is 0 Å². The molecule has 2 N–H and O–H groups in total. The maximum atomic E-state index is 8.27. The molecule has 0 saturated heterocycles. The zero-order valence-electron chi connectivity index (χ0n) is 6.61. The number of H-pyrrole nitrogens is 1. The monoisotopic (exact) mass is 213 g/mol. The average Bonchev–Trinajstić information content (AvgIpc) is 2.44. The van der Waals surface area contributed by atoms with Crippen molar-refractivity contribution in [1.82, 2.24) is 4.98 Å². The second-order valence-corrected chi connectivity index (χ2v) is 4.34. The quantitative estimate of drug-likeness (QED) is 0.458. The molecule has 0 radical (unpaired) electrons. The van der Waals surface area contributed by atoms with Crippen LogP contribution in [0, 0.1) is 3.95 Å². The lowest BCUT2D eigenvalue weighted by atomic mass is 10.2. The zero-order valence-corrected chi connectivity index (χ0v) is 8.24. The Balaban J connectivity index is 2.54. The molecular formula is C8H7NO2S2. The Morgan fingerprint density at radius 3 is 3.15 bits per heavy atom. The first-order valence-electron chi connectivity index (χ1n) is 3.68. The topological polar surface area (TPSA) is 45.2 Å². The highest BCUT2D eigenvalue weighted by atomic mass is 32.1. The highest BCUT2D eigenvalue weighted by molar-refractivity contribution is 7.73. The fourth-order valence-electron chi connectivity index (χ4n) is 1.16. The fraction of sp³-hybridized carbons (Fsp3) is 0.125. The minimum Gasteiger partial charge on any atom is -0.337 e. The lowest BCUT2D eigenvalue weighted by Gasteiger charge is -1.96. The summed E-state index contributed by atoms with van der Waals surface area (Å²) in [6, 6.07) is 5.77. The number of fused-ring (bicyclic) bond motifs is 1. The molecule has 13 heavy (non-hydrogen) atoms. The summed E-state index contributed by atoms with van der Waals surface area (Å²) in [7, 11) is 0. The number of thiazole rings is 1. The number of benzene rings is 1. The molecule has 0 spiro atoms. The van der Waals surface area contributed by atoms with E-state index < -0.39 is 0 Å².